The zero-order chi connectivity index (χ0) is 9.97. The first-order valence-electron chi connectivity index (χ1n) is 6.19. The smallest absolute Gasteiger partial charge is 0.0695 e. The Hall–Kier alpha value is -0.0800. The summed E-state index contributed by atoms with van der Waals surface area (Å²) in [6.07, 6.45) is 7.36. The minimum absolute atomic E-state index is 0.0530. The van der Waals surface area contributed by atoms with Crippen molar-refractivity contribution in [3.05, 3.63) is 0 Å². The van der Waals surface area contributed by atoms with Crippen molar-refractivity contribution in [1.82, 2.24) is 4.90 Å². The van der Waals surface area contributed by atoms with Gasteiger partial charge >= 0.3 is 0 Å². The first kappa shape index (κ1) is 10.4. The fraction of sp³-hybridized carbons (Fsp3) is 1.00. The summed E-state index contributed by atoms with van der Waals surface area (Å²) in [5.41, 5.74) is 0. The van der Waals surface area contributed by atoms with Crippen molar-refractivity contribution in [2.45, 2.75) is 57.6 Å². The maximum absolute atomic E-state index is 10.1. The third kappa shape index (κ3) is 2.29. The molecule has 0 radical (unpaired) electrons. The summed E-state index contributed by atoms with van der Waals surface area (Å²) in [5.74, 6) is 0.838. The fourth-order valence-corrected chi connectivity index (χ4v) is 2.96. The zero-order valence-electron chi connectivity index (χ0n) is 9.28. The number of aliphatic hydroxyl groups is 1. The second-order valence-electron chi connectivity index (χ2n) is 5.16. The first-order chi connectivity index (χ1) is 6.77. The number of likely N-dealkylation sites (tertiary alicyclic amines) is 1. The van der Waals surface area contributed by atoms with E-state index in [2.05, 4.69) is 11.8 Å². The summed E-state index contributed by atoms with van der Waals surface area (Å²) in [5, 5.41) is 10.1. The van der Waals surface area contributed by atoms with Gasteiger partial charge in [-0.15, -0.1) is 0 Å². The molecule has 1 aliphatic carbocycles. The van der Waals surface area contributed by atoms with Crippen LogP contribution in [-0.4, -0.2) is 35.2 Å². The Balaban J connectivity index is 1.93. The van der Waals surface area contributed by atoms with Crippen LogP contribution in [0.1, 0.15) is 45.4 Å². The summed E-state index contributed by atoms with van der Waals surface area (Å²) < 4.78 is 0. The van der Waals surface area contributed by atoms with E-state index >= 15 is 0 Å². The van der Waals surface area contributed by atoms with Gasteiger partial charge in [0.25, 0.3) is 0 Å². The van der Waals surface area contributed by atoms with E-state index in [-0.39, 0.29) is 6.10 Å². The Morgan fingerprint density at radius 1 is 1.07 bits per heavy atom. The molecule has 1 aliphatic heterocycles. The minimum Gasteiger partial charge on any atom is -0.391 e. The first-order valence-corrected chi connectivity index (χ1v) is 6.19. The van der Waals surface area contributed by atoms with Gasteiger partial charge < -0.3 is 5.11 Å². The van der Waals surface area contributed by atoms with Crippen molar-refractivity contribution < 1.29 is 5.11 Å². The summed E-state index contributed by atoms with van der Waals surface area (Å²) in [6.45, 7) is 4.74. The average molecular weight is 197 g/mol. The molecule has 0 aromatic heterocycles. The van der Waals surface area contributed by atoms with Gasteiger partial charge in [0.1, 0.15) is 0 Å². The van der Waals surface area contributed by atoms with E-state index in [1.165, 1.54) is 45.2 Å². The Morgan fingerprint density at radius 3 is 2.57 bits per heavy atom. The van der Waals surface area contributed by atoms with Gasteiger partial charge in [0.15, 0.2) is 0 Å². The van der Waals surface area contributed by atoms with Crippen LogP contribution >= 0.6 is 0 Å². The van der Waals surface area contributed by atoms with Crippen molar-refractivity contribution in [1.29, 1.82) is 0 Å². The standard InChI is InChI=1S/C12H23NO/c1-10-7-8-13(9-10)11-5-3-2-4-6-12(11)14/h10-12,14H,2-9H2,1H3. The Kier molecular flexibility index (Phi) is 3.45. The van der Waals surface area contributed by atoms with Gasteiger partial charge in [0, 0.05) is 12.6 Å². The predicted molar refractivity (Wildman–Crippen MR) is 58.2 cm³/mol. The molecule has 2 heteroatoms. The Bertz CT molecular complexity index is 183. The molecule has 3 atom stereocenters. The number of hydrogen-bond acceptors (Lipinski definition) is 2. The van der Waals surface area contributed by atoms with Crippen LogP contribution in [0.25, 0.3) is 0 Å². The normalized spacial score (nSPS) is 41.1. The van der Waals surface area contributed by atoms with Gasteiger partial charge in [0.05, 0.1) is 6.10 Å². The lowest BCUT2D eigenvalue weighted by Crippen LogP contribution is -2.41. The van der Waals surface area contributed by atoms with Crippen molar-refractivity contribution in [2.75, 3.05) is 13.1 Å². The molecule has 82 valence electrons. The van der Waals surface area contributed by atoms with Crippen molar-refractivity contribution in [3.8, 4) is 0 Å². The molecule has 2 rings (SSSR count). The van der Waals surface area contributed by atoms with Gasteiger partial charge in [0.2, 0.25) is 0 Å². The Labute approximate surface area is 87.3 Å². The second kappa shape index (κ2) is 4.63. The molecule has 1 heterocycles. The molecule has 3 unspecified atom stereocenters. The molecule has 0 aromatic carbocycles. The molecule has 1 saturated heterocycles. The van der Waals surface area contributed by atoms with E-state index in [1.807, 2.05) is 0 Å². The summed E-state index contributed by atoms with van der Waals surface area (Å²) >= 11 is 0. The van der Waals surface area contributed by atoms with E-state index in [0.717, 1.165) is 12.3 Å². The molecule has 0 spiro atoms. The molecular weight excluding hydrogens is 174 g/mol. The third-order valence-electron chi connectivity index (χ3n) is 3.87. The molecule has 1 saturated carbocycles. The average Bonchev–Trinajstić information content (AvgIpc) is 2.46. The lowest BCUT2D eigenvalue weighted by molar-refractivity contribution is 0.0553. The second-order valence-corrected chi connectivity index (χ2v) is 5.16. The van der Waals surface area contributed by atoms with Crippen LogP contribution in [0.15, 0.2) is 0 Å². The number of nitrogens with zero attached hydrogens (tertiary/aromatic N) is 1. The molecule has 0 bridgehead atoms. The maximum Gasteiger partial charge on any atom is 0.0695 e. The molecule has 1 N–H and O–H groups in total. The highest BCUT2D eigenvalue weighted by Crippen LogP contribution is 2.27. The minimum atomic E-state index is -0.0530. The van der Waals surface area contributed by atoms with Crippen molar-refractivity contribution in [3.63, 3.8) is 0 Å². The quantitative estimate of drug-likeness (QED) is 0.650. The zero-order valence-corrected chi connectivity index (χ0v) is 9.28. The monoisotopic (exact) mass is 197 g/mol. The lowest BCUT2D eigenvalue weighted by Gasteiger charge is -2.30. The van der Waals surface area contributed by atoms with Crippen LogP contribution < -0.4 is 0 Å². The van der Waals surface area contributed by atoms with Crippen LogP contribution in [0.5, 0.6) is 0 Å². The summed E-state index contributed by atoms with van der Waals surface area (Å²) in [6, 6.07) is 0.474. The van der Waals surface area contributed by atoms with Crippen LogP contribution in [0.3, 0.4) is 0 Å². The van der Waals surface area contributed by atoms with Crippen LogP contribution in [0.2, 0.25) is 0 Å². The summed E-state index contributed by atoms with van der Waals surface area (Å²) in [4.78, 5) is 2.53. The van der Waals surface area contributed by atoms with Crippen molar-refractivity contribution in [2.24, 2.45) is 5.92 Å². The molecule has 2 aliphatic rings. The highest BCUT2D eigenvalue weighted by molar-refractivity contribution is 4.85. The Morgan fingerprint density at radius 2 is 1.86 bits per heavy atom. The SMILES string of the molecule is CC1CCN(C2CCCCCC2O)C1. The van der Waals surface area contributed by atoms with Crippen molar-refractivity contribution >= 4 is 0 Å². The number of rotatable bonds is 1. The number of aliphatic hydroxyl groups excluding tert-OH is 1. The van der Waals surface area contributed by atoms with Gasteiger partial charge in [-0.1, -0.05) is 26.2 Å². The van der Waals surface area contributed by atoms with Crippen LogP contribution in [0, 0.1) is 5.92 Å². The highest BCUT2D eigenvalue weighted by atomic mass is 16.3. The van der Waals surface area contributed by atoms with Crippen LogP contribution in [-0.2, 0) is 0 Å². The molecule has 0 amide bonds. The lowest BCUT2D eigenvalue weighted by atomic mass is 10.0. The van der Waals surface area contributed by atoms with Gasteiger partial charge in [-0.2, -0.15) is 0 Å². The van der Waals surface area contributed by atoms with Gasteiger partial charge in [-0.25, -0.2) is 0 Å². The van der Waals surface area contributed by atoms with E-state index in [1.54, 1.807) is 0 Å². The topological polar surface area (TPSA) is 23.5 Å². The molecule has 0 aromatic rings. The number of hydrogen-bond donors (Lipinski definition) is 1. The maximum atomic E-state index is 10.1. The fourth-order valence-electron chi connectivity index (χ4n) is 2.96. The highest BCUT2D eigenvalue weighted by Gasteiger charge is 2.31. The van der Waals surface area contributed by atoms with E-state index in [0.29, 0.717) is 6.04 Å². The summed E-state index contributed by atoms with van der Waals surface area (Å²) in [7, 11) is 0. The van der Waals surface area contributed by atoms with Crippen LogP contribution in [0.4, 0.5) is 0 Å². The van der Waals surface area contributed by atoms with Gasteiger partial charge in [-0.05, 0) is 31.7 Å². The molecular formula is C12H23NO. The molecule has 14 heavy (non-hydrogen) atoms. The molecule has 2 fully saturated rings. The van der Waals surface area contributed by atoms with E-state index < -0.39 is 0 Å². The third-order valence-corrected chi connectivity index (χ3v) is 3.87. The molecule has 2 nitrogen and oxygen atoms in total. The largest absolute Gasteiger partial charge is 0.391 e. The van der Waals surface area contributed by atoms with E-state index in [9.17, 15) is 5.11 Å². The van der Waals surface area contributed by atoms with E-state index in [4.69, 9.17) is 0 Å². The van der Waals surface area contributed by atoms with Gasteiger partial charge in [-0.3, -0.25) is 4.90 Å². The predicted octanol–water partition coefficient (Wildman–Crippen LogP) is 2.02.